The highest BCUT2D eigenvalue weighted by molar-refractivity contribution is 6.67. The number of fused-ring (bicyclic) bond motifs is 1. The summed E-state index contributed by atoms with van der Waals surface area (Å²) in [7, 11) is 0. The lowest BCUT2D eigenvalue weighted by atomic mass is 9.92. The molecule has 0 atom stereocenters. The normalized spacial score (nSPS) is 12.1. The zero-order chi connectivity index (χ0) is 23.7. The van der Waals surface area contributed by atoms with E-state index in [2.05, 4.69) is 5.32 Å². The molecule has 0 radical (unpaired) electrons. The van der Waals surface area contributed by atoms with Crippen molar-refractivity contribution < 1.29 is 14.3 Å². The van der Waals surface area contributed by atoms with Crippen LogP contribution in [0.5, 0.6) is 0 Å². The number of hydrogen-bond acceptors (Lipinski definition) is 4. The maximum Gasteiger partial charge on any atom is 0.412 e. The highest BCUT2D eigenvalue weighted by atomic mass is 35.6. The van der Waals surface area contributed by atoms with Crippen LogP contribution in [0.1, 0.15) is 32.0 Å². The summed E-state index contributed by atoms with van der Waals surface area (Å²) >= 11 is 17.0. The number of amides is 2. The highest BCUT2D eigenvalue weighted by Gasteiger charge is 2.25. The van der Waals surface area contributed by atoms with Crippen molar-refractivity contribution in [3.8, 4) is 5.69 Å². The minimum absolute atomic E-state index is 0.0653. The van der Waals surface area contributed by atoms with Crippen molar-refractivity contribution >= 4 is 63.4 Å². The molecule has 0 spiro atoms. The average Bonchev–Trinajstić information content (AvgIpc) is 3.09. The maximum atomic E-state index is 12.3. The molecule has 0 aliphatic heterocycles. The van der Waals surface area contributed by atoms with E-state index in [9.17, 15) is 9.59 Å². The van der Waals surface area contributed by atoms with Crippen LogP contribution in [0, 0.1) is 0 Å². The molecule has 2 aromatic carbocycles. The van der Waals surface area contributed by atoms with E-state index >= 15 is 0 Å². The molecule has 3 aromatic rings. The van der Waals surface area contributed by atoms with E-state index in [-0.39, 0.29) is 11.8 Å². The third kappa shape index (κ3) is 6.06. The third-order valence-corrected chi connectivity index (χ3v) is 4.94. The summed E-state index contributed by atoms with van der Waals surface area (Å²) in [5.74, 6) is -0.0821. The Morgan fingerprint density at radius 1 is 1.12 bits per heavy atom. The first kappa shape index (κ1) is 24.2. The second-order valence-electron chi connectivity index (χ2n) is 8.36. The number of primary amides is 1. The lowest BCUT2D eigenvalue weighted by Crippen LogP contribution is -2.22. The predicted molar refractivity (Wildman–Crippen MR) is 128 cm³/mol. The zero-order valence-electron chi connectivity index (χ0n) is 17.8. The molecule has 0 fully saturated rings. The zero-order valence-corrected chi connectivity index (χ0v) is 20.1. The van der Waals surface area contributed by atoms with Gasteiger partial charge in [0.2, 0.25) is 9.70 Å². The van der Waals surface area contributed by atoms with Crippen LogP contribution in [0.15, 0.2) is 42.5 Å². The Morgan fingerprint density at radius 2 is 1.81 bits per heavy atom. The largest absolute Gasteiger partial charge is 0.445 e. The molecule has 1 aromatic heterocycles. The van der Waals surface area contributed by atoms with Crippen LogP contribution in [0.2, 0.25) is 0 Å². The van der Waals surface area contributed by atoms with Crippen molar-refractivity contribution in [1.82, 2.24) is 9.78 Å². The lowest BCUT2D eigenvalue weighted by Gasteiger charge is -2.15. The van der Waals surface area contributed by atoms with Crippen LogP contribution in [0.4, 0.5) is 10.6 Å². The van der Waals surface area contributed by atoms with Crippen molar-refractivity contribution in [2.24, 2.45) is 5.73 Å². The summed E-state index contributed by atoms with van der Waals surface area (Å²) in [4.78, 5) is 24.0. The Morgan fingerprint density at radius 3 is 2.44 bits per heavy atom. The minimum atomic E-state index is -1.73. The SMILES string of the molecule is CC(C)(C)c1cc(NC(=O)OCC(Cl)(Cl)Cl)n(-c2cc(CC(N)=O)c3ccccc3c2)n1. The second-order valence-corrected chi connectivity index (χ2v) is 10.9. The minimum Gasteiger partial charge on any atom is -0.445 e. The molecule has 0 aliphatic carbocycles. The number of halogens is 3. The number of carbonyl (C=O) groups excluding carboxylic acids is 2. The first-order valence-corrected chi connectivity index (χ1v) is 10.9. The van der Waals surface area contributed by atoms with Gasteiger partial charge in [-0.05, 0) is 28.5 Å². The van der Waals surface area contributed by atoms with Crippen LogP contribution >= 0.6 is 34.8 Å². The van der Waals surface area contributed by atoms with E-state index in [1.165, 1.54) is 0 Å². The number of aromatic nitrogens is 2. The summed E-state index contributed by atoms with van der Waals surface area (Å²) in [6, 6.07) is 13.1. The fraction of sp³-hybridized carbons (Fsp3) is 0.318. The van der Waals surface area contributed by atoms with E-state index in [1.807, 2.05) is 57.2 Å². The molecule has 7 nitrogen and oxygen atoms in total. The van der Waals surface area contributed by atoms with Gasteiger partial charge in [-0.25, -0.2) is 9.48 Å². The van der Waals surface area contributed by atoms with Gasteiger partial charge in [0.1, 0.15) is 12.4 Å². The Kier molecular flexibility index (Phi) is 6.93. The molecule has 1 heterocycles. The Balaban J connectivity index is 2.08. The first-order chi connectivity index (χ1) is 14.8. The number of nitrogens with two attached hydrogens (primary N) is 1. The molecule has 0 unspecified atom stereocenters. The summed E-state index contributed by atoms with van der Waals surface area (Å²) in [6.45, 7) is 5.60. The molecule has 0 aliphatic rings. The lowest BCUT2D eigenvalue weighted by molar-refractivity contribution is -0.117. The molecule has 0 saturated heterocycles. The summed E-state index contributed by atoms with van der Waals surface area (Å²) in [5, 5.41) is 9.16. The molecule has 3 N–H and O–H groups in total. The summed E-state index contributed by atoms with van der Waals surface area (Å²) in [6.07, 6.45) is -0.730. The third-order valence-electron chi connectivity index (χ3n) is 4.62. The number of carbonyl (C=O) groups is 2. The van der Waals surface area contributed by atoms with Gasteiger partial charge in [0, 0.05) is 11.5 Å². The fourth-order valence-electron chi connectivity index (χ4n) is 3.15. The Labute approximate surface area is 200 Å². The summed E-state index contributed by atoms with van der Waals surface area (Å²) in [5.41, 5.74) is 7.30. The van der Waals surface area contributed by atoms with Crippen molar-refractivity contribution in [2.75, 3.05) is 11.9 Å². The van der Waals surface area contributed by atoms with E-state index in [0.717, 1.165) is 22.0 Å². The Bertz CT molecular complexity index is 1160. The fourth-order valence-corrected chi connectivity index (χ4v) is 3.31. The van der Waals surface area contributed by atoms with Crippen LogP contribution in [-0.2, 0) is 21.4 Å². The molecular weight excluding hydrogens is 475 g/mol. The number of hydrogen-bond donors (Lipinski definition) is 2. The topological polar surface area (TPSA) is 99.2 Å². The monoisotopic (exact) mass is 496 g/mol. The molecule has 3 rings (SSSR count). The number of rotatable bonds is 5. The highest BCUT2D eigenvalue weighted by Crippen LogP contribution is 2.30. The van der Waals surface area contributed by atoms with Crippen LogP contribution in [-0.4, -0.2) is 32.2 Å². The number of benzene rings is 2. The summed E-state index contributed by atoms with van der Waals surface area (Å²) < 4.78 is 4.85. The van der Waals surface area contributed by atoms with E-state index < -0.39 is 22.4 Å². The quantitative estimate of drug-likeness (QED) is 0.469. The molecule has 2 amide bonds. The number of alkyl halides is 3. The van der Waals surface area contributed by atoms with Gasteiger partial charge in [-0.1, -0.05) is 79.8 Å². The number of ether oxygens (including phenoxy) is 1. The number of nitrogens with zero attached hydrogens (tertiary/aromatic N) is 2. The predicted octanol–water partition coefficient (Wildman–Crippen LogP) is 5.27. The van der Waals surface area contributed by atoms with Gasteiger partial charge in [0.25, 0.3) is 0 Å². The van der Waals surface area contributed by atoms with Crippen LogP contribution in [0.3, 0.4) is 0 Å². The molecule has 0 saturated carbocycles. The van der Waals surface area contributed by atoms with Crippen molar-refractivity contribution in [3.05, 3.63) is 53.7 Å². The first-order valence-electron chi connectivity index (χ1n) is 9.75. The van der Waals surface area contributed by atoms with Crippen LogP contribution in [0.25, 0.3) is 16.5 Å². The van der Waals surface area contributed by atoms with Gasteiger partial charge in [-0.3, -0.25) is 10.1 Å². The van der Waals surface area contributed by atoms with Crippen molar-refractivity contribution in [3.63, 3.8) is 0 Å². The van der Waals surface area contributed by atoms with Gasteiger partial charge in [-0.15, -0.1) is 0 Å². The van der Waals surface area contributed by atoms with Crippen LogP contribution < -0.4 is 11.1 Å². The second kappa shape index (κ2) is 9.17. The van der Waals surface area contributed by atoms with Crippen molar-refractivity contribution in [1.29, 1.82) is 0 Å². The molecule has 170 valence electrons. The van der Waals surface area contributed by atoms with E-state index in [4.69, 9.17) is 50.4 Å². The van der Waals surface area contributed by atoms with Crippen molar-refractivity contribution in [2.45, 2.75) is 36.4 Å². The van der Waals surface area contributed by atoms with Gasteiger partial charge < -0.3 is 10.5 Å². The number of nitrogens with one attached hydrogen (secondary N) is 1. The van der Waals surface area contributed by atoms with Gasteiger partial charge in [-0.2, -0.15) is 5.10 Å². The smallest absolute Gasteiger partial charge is 0.412 e. The number of anilines is 1. The van der Waals surface area contributed by atoms with E-state index in [1.54, 1.807) is 10.7 Å². The standard InChI is InChI=1S/C22H23Cl3N4O3/c1-21(2,3)17-11-19(27-20(31)32-12-22(23,24)25)29(28-17)15-8-13-6-4-5-7-16(13)14(9-15)10-18(26)30/h4-9,11H,10,12H2,1-3H3,(H2,26,30)(H,27,31). The molecular formula is C22H23Cl3N4O3. The maximum absolute atomic E-state index is 12.3. The van der Waals surface area contributed by atoms with Gasteiger partial charge in [0.05, 0.1) is 17.8 Å². The molecule has 10 heteroatoms. The Hall–Kier alpha value is -2.48. The van der Waals surface area contributed by atoms with Gasteiger partial charge in [0.15, 0.2) is 0 Å². The molecule has 0 bridgehead atoms. The average molecular weight is 498 g/mol. The molecule has 32 heavy (non-hydrogen) atoms. The van der Waals surface area contributed by atoms with E-state index in [0.29, 0.717) is 11.5 Å². The van der Waals surface area contributed by atoms with Gasteiger partial charge >= 0.3 is 6.09 Å².